The smallest absolute Gasteiger partial charge is 0.282 e. The SMILES string of the molecule is NC(=O)c1cc2cc(Br)ccc2c(Br)c1NC(=O)c1cc(C(F)F)nn1-c1ncccc1Cl. The molecule has 2 heterocycles. The molecule has 33 heavy (non-hydrogen) atoms. The van der Waals surface area contributed by atoms with Crippen molar-refractivity contribution in [3.05, 3.63) is 79.6 Å². The molecule has 0 spiro atoms. The largest absolute Gasteiger partial charge is 0.366 e. The van der Waals surface area contributed by atoms with E-state index in [1.54, 1.807) is 24.3 Å². The molecule has 3 N–H and O–H groups in total. The number of aromatic nitrogens is 3. The molecule has 0 radical (unpaired) electrons. The Bertz CT molecular complexity index is 1430. The van der Waals surface area contributed by atoms with Crippen molar-refractivity contribution in [3.8, 4) is 5.82 Å². The van der Waals surface area contributed by atoms with Crippen molar-refractivity contribution in [2.24, 2.45) is 5.73 Å². The number of nitrogens with one attached hydrogen (secondary N) is 1. The quantitative estimate of drug-likeness (QED) is 0.299. The molecule has 0 bridgehead atoms. The first-order chi connectivity index (χ1) is 15.7. The van der Waals surface area contributed by atoms with Gasteiger partial charge < -0.3 is 11.1 Å². The predicted molar refractivity (Wildman–Crippen MR) is 127 cm³/mol. The highest BCUT2D eigenvalue weighted by atomic mass is 79.9. The Labute approximate surface area is 207 Å². The Kier molecular flexibility index (Phi) is 6.46. The molecule has 7 nitrogen and oxygen atoms in total. The second-order valence-corrected chi connectivity index (χ2v) is 8.89. The Morgan fingerprint density at radius 1 is 1.15 bits per heavy atom. The van der Waals surface area contributed by atoms with Crippen molar-refractivity contribution in [3.63, 3.8) is 0 Å². The molecule has 2 aromatic carbocycles. The van der Waals surface area contributed by atoms with Crippen LogP contribution in [0.4, 0.5) is 14.5 Å². The lowest BCUT2D eigenvalue weighted by Crippen LogP contribution is -2.21. The lowest BCUT2D eigenvalue weighted by Gasteiger charge is -2.15. The maximum absolute atomic E-state index is 13.4. The number of alkyl halides is 2. The van der Waals surface area contributed by atoms with Gasteiger partial charge in [-0.05, 0) is 63.1 Å². The summed E-state index contributed by atoms with van der Waals surface area (Å²) in [5, 5.41) is 7.86. The van der Waals surface area contributed by atoms with Crippen LogP contribution in [0, 0.1) is 0 Å². The van der Waals surface area contributed by atoms with Gasteiger partial charge in [0.2, 0.25) is 0 Å². The highest BCUT2D eigenvalue weighted by molar-refractivity contribution is 9.11. The van der Waals surface area contributed by atoms with Crippen molar-refractivity contribution in [2.45, 2.75) is 6.43 Å². The first kappa shape index (κ1) is 23.3. The van der Waals surface area contributed by atoms with E-state index in [0.29, 0.717) is 15.2 Å². The predicted octanol–water partition coefficient (Wildman–Crippen LogP) is 5.89. The summed E-state index contributed by atoms with van der Waals surface area (Å²) in [6.07, 6.45) is -1.55. The van der Waals surface area contributed by atoms with E-state index in [4.69, 9.17) is 17.3 Å². The van der Waals surface area contributed by atoms with E-state index >= 15 is 0 Å². The first-order valence-electron chi connectivity index (χ1n) is 9.19. The number of hydrogen-bond acceptors (Lipinski definition) is 4. The third-order valence-corrected chi connectivity index (χ3v) is 6.28. The number of rotatable bonds is 5. The van der Waals surface area contributed by atoms with Gasteiger partial charge >= 0.3 is 0 Å². The maximum atomic E-state index is 13.4. The first-order valence-corrected chi connectivity index (χ1v) is 11.2. The summed E-state index contributed by atoms with van der Waals surface area (Å²) < 4.78 is 28.9. The van der Waals surface area contributed by atoms with E-state index in [1.165, 1.54) is 18.3 Å². The molecule has 0 atom stereocenters. The minimum Gasteiger partial charge on any atom is -0.366 e. The number of halogens is 5. The van der Waals surface area contributed by atoms with Gasteiger partial charge in [-0.1, -0.05) is 33.6 Å². The average molecular weight is 600 g/mol. The minimum atomic E-state index is -2.94. The van der Waals surface area contributed by atoms with Crippen LogP contribution in [0.3, 0.4) is 0 Å². The second-order valence-electron chi connectivity index (χ2n) is 6.77. The number of carbonyl (C=O) groups excluding carboxylic acids is 2. The number of nitrogens with zero attached hydrogens (tertiary/aromatic N) is 3. The third-order valence-electron chi connectivity index (χ3n) is 4.67. The lowest BCUT2D eigenvalue weighted by molar-refractivity contribution is 0.100. The summed E-state index contributed by atoms with van der Waals surface area (Å²) in [5.74, 6) is -1.62. The van der Waals surface area contributed by atoms with E-state index in [9.17, 15) is 18.4 Å². The van der Waals surface area contributed by atoms with Crippen LogP contribution in [0.15, 0.2) is 57.6 Å². The molecular formula is C21H12Br2ClF2N5O2. The van der Waals surface area contributed by atoms with E-state index in [2.05, 4.69) is 47.3 Å². The number of carbonyl (C=O) groups is 2. The molecule has 2 aromatic heterocycles. The Balaban J connectivity index is 1.85. The molecule has 4 aromatic rings. The Morgan fingerprint density at radius 3 is 2.58 bits per heavy atom. The van der Waals surface area contributed by atoms with Crippen LogP contribution >= 0.6 is 43.5 Å². The normalized spacial score (nSPS) is 11.2. The molecule has 0 unspecified atom stereocenters. The molecule has 0 aliphatic heterocycles. The number of benzene rings is 2. The van der Waals surface area contributed by atoms with Gasteiger partial charge in [-0.15, -0.1) is 0 Å². The number of primary amides is 1. The Hall–Kier alpha value is -2.89. The monoisotopic (exact) mass is 597 g/mol. The van der Waals surface area contributed by atoms with Crippen molar-refractivity contribution < 1.29 is 18.4 Å². The van der Waals surface area contributed by atoms with E-state index in [1.807, 2.05) is 0 Å². The van der Waals surface area contributed by atoms with Gasteiger partial charge in [0, 0.05) is 15.1 Å². The molecule has 12 heteroatoms. The molecule has 0 fully saturated rings. The standard InChI is InChI=1S/C21H12Br2ClF2N5O2/c22-10-3-4-11-9(6-10)7-12(19(27)32)17(16(11)23)29-21(33)15-8-14(18(25)26)30-31(15)20-13(24)2-1-5-28-20/h1-8,18H,(H2,27,32)(H,29,33). The van der Waals surface area contributed by atoms with Crippen LogP contribution in [-0.4, -0.2) is 26.6 Å². The third kappa shape index (κ3) is 4.48. The van der Waals surface area contributed by atoms with Crippen LogP contribution in [-0.2, 0) is 0 Å². The number of pyridine rings is 1. The maximum Gasteiger partial charge on any atom is 0.282 e. The van der Waals surface area contributed by atoms with Crippen molar-refractivity contribution in [1.29, 1.82) is 0 Å². The zero-order valence-electron chi connectivity index (χ0n) is 16.3. The number of amides is 2. The van der Waals surface area contributed by atoms with Gasteiger partial charge in [0.25, 0.3) is 18.2 Å². The molecule has 0 saturated heterocycles. The van der Waals surface area contributed by atoms with Gasteiger partial charge in [0.15, 0.2) is 5.82 Å². The molecule has 0 aliphatic carbocycles. The fourth-order valence-electron chi connectivity index (χ4n) is 3.19. The summed E-state index contributed by atoms with van der Waals surface area (Å²) in [6, 6.07) is 10.8. The summed E-state index contributed by atoms with van der Waals surface area (Å²) in [5.41, 5.74) is 4.75. The van der Waals surface area contributed by atoms with Crippen molar-refractivity contribution in [1.82, 2.24) is 14.8 Å². The van der Waals surface area contributed by atoms with Crippen LogP contribution in [0.1, 0.15) is 33.0 Å². The highest BCUT2D eigenvalue weighted by Crippen LogP contribution is 2.36. The highest BCUT2D eigenvalue weighted by Gasteiger charge is 2.25. The fraction of sp³-hybridized carbons (Fsp3) is 0.0476. The van der Waals surface area contributed by atoms with Crippen LogP contribution in [0.2, 0.25) is 5.02 Å². The molecule has 2 amide bonds. The number of anilines is 1. The second kappa shape index (κ2) is 9.16. The van der Waals surface area contributed by atoms with Gasteiger partial charge in [0.05, 0.1) is 16.3 Å². The molecule has 0 aliphatic rings. The average Bonchev–Trinajstić information content (AvgIpc) is 3.21. The summed E-state index contributed by atoms with van der Waals surface area (Å²) in [7, 11) is 0. The Morgan fingerprint density at radius 2 is 1.91 bits per heavy atom. The van der Waals surface area contributed by atoms with Crippen molar-refractivity contribution in [2.75, 3.05) is 5.32 Å². The zero-order valence-corrected chi connectivity index (χ0v) is 20.2. The van der Waals surface area contributed by atoms with E-state index in [0.717, 1.165) is 15.2 Å². The van der Waals surface area contributed by atoms with E-state index in [-0.39, 0.29) is 27.8 Å². The van der Waals surface area contributed by atoms with Gasteiger partial charge in [-0.2, -0.15) is 5.10 Å². The molecule has 168 valence electrons. The summed E-state index contributed by atoms with van der Waals surface area (Å²) in [6.45, 7) is 0. The number of fused-ring (bicyclic) bond motifs is 1. The fourth-order valence-corrected chi connectivity index (χ4v) is 4.44. The van der Waals surface area contributed by atoms with Crippen molar-refractivity contribution >= 4 is 71.7 Å². The topological polar surface area (TPSA) is 103 Å². The summed E-state index contributed by atoms with van der Waals surface area (Å²) >= 11 is 12.9. The zero-order chi connectivity index (χ0) is 23.9. The van der Waals surface area contributed by atoms with Crippen LogP contribution in [0.5, 0.6) is 0 Å². The van der Waals surface area contributed by atoms with Gasteiger partial charge in [-0.25, -0.2) is 18.4 Å². The van der Waals surface area contributed by atoms with Crippen LogP contribution < -0.4 is 11.1 Å². The number of nitrogens with two attached hydrogens (primary N) is 1. The lowest BCUT2D eigenvalue weighted by atomic mass is 10.0. The molecular weight excluding hydrogens is 588 g/mol. The van der Waals surface area contributed by atoms with Gasteiger partial charge in [-0.3, -0.25) is 9.59 Å². The molecule has 4 rings (SSSR count). The number of hydrogen-bond donors (Lipinski definition) is 2. The minimum absolute atomic E-state index is 0.00577. The summed E-state index contributed by atoms with van der Waals surface area (Å²) in [4.78, 5) is 29.4. The van der Waals surface area contributed by atoms with E-state index < -0.39 is 23.9 Å². The molecule has 0 saturated carbocycles. The van der Waals surface area contributed by atoms with Crippen LogP contribution in [0.25, 0.3) is 16.6 Å². The van der Waals surface area contributed by atoms with Gasteiger partial charge in [0.1, 0.15) is 11.4 Å².